The maximum atomic E-state index is 12.3. The molecule has 0 unspecified atom stereocenters. The van der Waals surface area contributed by atoms with Crippen molar-refractivity contribution in [3.05, 3.63) is 83.9 Å². The number of hydroxylamine groups is 1. The summed E-state index contributed by atoms with van der Waals surface area (Å²) in [6.07, 6.45) is 3.69. The van der Waals surface area contributed by atoms with Crippen LogP contribution in [-0.4, -0.2) is 49.7 Å². The monoisotopic (exact) mass is 477 g/mol. The Labute approximate surface area is 203 Å². The van der Waals surface area contributed by atoms with Crippen molar-refractivity contribution in [1.82, 2.24) is 20.3 Å². The number of carbonyl (C=O) groups is 3. The molecule has 0 spiro atoms. The van der Waals surface area contributed by atoms with Crippen molar-refractivity contribution in [2.75, 3.05) is 5.32 Å². The van der Waals surface area contributed by atoms with Crippen LogP contribution in [0.15, 0.2) is 67.3 Å². The molecule has 10 nitrogen and oxygen atoms in total. The Hall–Kier alpha value is -4.46. The molecule has 5 N–H and O–H groups in total. The molecule has 0 radical (unpaired) electrons. The van der Waals surface area contributed by atoms with Gasteiger partial charge in [-0.25, -0.2) is 10.5 Å². The lowest BCUT2D eigenvalue weighted by Crippen LogP contribution is -2.51. The lowest BCUT2D eigenvalue weighted by atomic mass is 10.1. The second-order valence-electron chi connectivity index (χ2n) is 7.36. The first-order chi connectivity index (χ1) is 16.4. The Bertz CT molecular complexity index is 1190. The van der Waals surface area contributed by atoms with Crippen LogP contribution in [0.3, 0.4) is 0 Å². The summed E-state index contributed by atoms with van der Waals surface area (Å²) in [6.45, 7) is 1.49. The fourth-order valence-corrected chi connectivity index (χ4v) is 2.93. The maximum absolute atomic E-state index is 12.3. The molecule has 0 aliphatic heterocycles. The summed E-state index contributed by atoms with van der Waals surface area (Å²) in [6, 6.07) is 12.1. The second kappa shape index (κ2) is 12.7. The third-order valence-corrected chi connectivity index (χ3v) is 4.71. The zero-order valence-corrected chi connectivity index (χ0v) is 18.2. The van der Waals surface area contributed by atoms with Crippen molar-refractivity contribution in [2.24, 2.45) is 0 Å². The van der Waals surface area contributed by atoms with Gasteiger partial charge in [-0.2, -0.15) is 0 Å². The smallest absolute Gasteiger partial charge is 0.268 e. The number of aromatic nitrogens is 2. The summed E-state index contributed by atoms with van der Waals surface area (Å²) in [7, 11) is 0. The number of aliphatic hydroxyl groups is 1. The molecule has 0 bridgehead atoms. The number of nitrogens with zero attached hydrogens (tertiary/aromatic N) is 2. The molecule has 3 rings (SSSR count). The fraction of sp³-hybridized carbons (Fsp3) is 0.200. The highest BCUT2D eigenvalue weighted by molar-refractivity contribution is 5.97. The van der Waals surface area contributed by atoms with E-state index in [0.717, 1.165) is 5.56 Å². The van der Waals surface area contributed by atoms with Crippen molar-refractivity contribution in [1.29, 1.82) is 0 Å². The zero-order valence-electron chi connectivity index (χ0n) is 18.2. The minimum Gasteiger partial charge on any atom is -0.391 e. The van der Waals surface area contributed by atoms with E-state index in [9.17, 15) is 19.5 Å². The van der Waals surface area contributed by atoms with Crippen LogP contribution < -0.4 is 16.1 Å². The summed E-state index contributed by atoms with van der Waals surface area (Å²) in [5.41, 5.74) is 3.72. The van der Waals surface area contributed by atoms with Crippen LogP contribution in [0, 0.1) is 11.8 Å². The Morgan fingerprint density at radius 2 is 1.63 bits per heavy atom. The molecule has 3 amide bonds. The van der Waals surface area contributed by atoms with Gasteiger partial charge in [0.05, 0.1) is 12.4 Å². The van der Waals surface area contributed by atoms with Crippen LogP contribution in [0.5, 0.6) is 0 Å². The van der Waals surface area contributed by atoms with Gasteiger partial charge in [0.25, 0.3) is 11.8 Å². The average Bonchev–Trinajstić information content (AvgIpc) is 3.34. The molecular weight excluding hydrogens is 450 g/mol. The van der Waals surface area contributed by atoms with Crippen LogP contribution in [0.4, 0.5) is 5.69 Å². The van der Waals surface area contributed by atoms with Gasteiger partial charge in [-0.3, -0.25) is 19.6 Å². The number of nitrogens with one attached hydrogen (secondary N) is 3. The van der Waals surface area contributed by atoms with E-state index in [1.807, 2.05) is 0 Å². The fourth-order valence-electron chi connectivity index (χ4n) is 2.93. The summed E-state index contributed by atoms with van der Waals surface area (Å²) in [5, 5.41) is 23.5. The van der Waals surface area contributed by atoms with Crippen molar-refractivity contribution in [3.8, 4) is 11.8 Å². The average molecular weight is 478 g/mol. The molecule has 2 atom stereocenters. The second-order valence-corrected chi connectivity index (χ2v) is 7.36. The first-order valence-corrected chi connectivity index (χ1v) is 10.3. The summed E-state index contributed by atoms with van der Waals surface area (Å²) in [5.74, 6) is 4.32. The van der Waals surface area contributed by atoms with E-state index in [4.69, 9.17) is 5.21 Å². The first-order valence-electron chi connectivity index (χ1n) is 10.3. The number of carbonyl (C=O) groups excluding carboxylic acids is 3. The molecule has 0 aliphatic carbocycles. The molecule has 0 fully saturated rings. The molecule has 1 aromatic heterocycles. The standard InChI is InChI=1S/C24H23N5O5.CH4/c1-16(30)22(24(33)28-34)27-23(32)19-8-4-17(5-9-19)2-3-18-6-10-20(11-7-18)26-21(31)14-29-13-12-25-15-29;/h4-13,15-16,22,30,34H,14H2,1H3,(H,26,31)(H,27,32)(H,28,33);1H4/t16-,22+;/m1./s1. The van der Waals surface area contributed by atoms with Gasteiger partial charge in [-0.15, -0.1) is 0 Å². The van der Waals surface area contributed by atoms with Gasteiger partial charge < -0.3 is 20.3 Å². The molecule has 1 heterocycles. The molecular formula is C25H27N5O5. The number of anilines is 1. The highest BCUT2D eigenvalue weighted by Crippen LogP contribution is 2.10. The number of hydrogen-bond acceptors (Lipinski definition) is 6. The van der Waals surface area contributed by atoms with Crippen molar-refractivity contribution in [2.45, 2.75) is 33.0 Å². The van der Waals surface area contributed by atoms with E-state index in [2.05, 4.69) is 27.5 Å². The summed E-state index contributed by atoms with van der Waals surface area (Å²) >= 11 is 0. The van der Waals surface area contributed by atoms with E-state index >= 15 is 0 Å². The van der Waals surface area contributed by atoms with Gasteiger partial charge in [0, 0.05) is 34.8 Å². The van der Waals surface area contributed by atoms with Gasteiger partial charge in [0.2, 0.25) is 5.91 Å². The highest BCUT2D eigenvalue weighted by Gasteiger charge is 2.25. The Balaban J connectivity index is 0.00000432. The van der Waals surface area contributed by atoms with E-state index in [1.54, 1.807) is 59.7 Å². The Morgan fingerprint density at radius 1 is 1.03 bits per heavy atom. The molecule has 35 heavy (non-hydrogen) atoms. The van der Waals surface area contributed by atoms with Gasteiger partial charge in [-0.1, -0.05) is 19.3 Å². The van der Waals surface area contributed by atoms with Crippen molar-refractivity contribution < 1.29 is 24.7 Å². The van der Waals surface area contributed by atoms with Gasteiger partial charge in [0.15, 0.2) is 0 Å². The molecule has 0 saturated carbocycles. The largest absolute Gasteiger partial charge is 0.391 e. The summed E-state index contributed by atoms with van der Waals surface area (Å²) < 4.78 is 1.67. The Morgan fingerprint density at radius 3 is 2.14 bits per heavy atom. The Kier molecular flexibility index (Phi) is 9.71. The third kappa shape index (κ3) is 7.82. The molecule has 0 aliphatic rings. The number of benzene rings is 2. The van der Waals surface area contributed by atoms with E-state index in [0.29, 0.717) is 11.3 Å². The number of hydrogen-bond donors (Lipinski definition) is 5. The lowest BCUT2D eigenvalue weighted by Gasteiger charge is -2.19. The molecule has 3 aromatic rings. The minimum absolute atomic E-state index is 0. The van der Waals surface area contributed by atoms with Gasteiger partial charge >= 0.3 is 0 Å². The highest BCUT2D eigenvalue weighted by atomic mass is 16.5. The van der Waals surface area contributed by atoms with Gasteiger partial charge in [-0.05, 0) is 55.5 Å². The van der Waals surface area contributed by atoms with Gasteiger partial charge in [0.1, 0.15) is 12.6 Å². The quantitative estimate of drug-likeness (QED) is 0.198. The molecule has 0 saturated heterocycles. The topological polar surface area (TPSA) is 146 Å². The molecule has 10 heteroatoms. The summed E-state index contributed by atoms with van der Waals surface area (Å²) in [4.78, 5) is 39.8. The van der Waals surface area contributed by atoms with Crippen molar-refractivity contribution in [3.63, 3.8) is 0 Å². The number of aliphatic hydroxyl groups excluding tert-OH is 1. The molecule has 182 valence electrons. The van der Waals surface area contributed by atoms with Crippen LogP contribution >= 0.6 is 0 Å². The normalized spacial score (nSPS) is 11.6. The minimum atomic E-state index is -1.30. The van der Waals surface area contributed by atoms with Crippen molar-refractivity contribution >= 4 is 23.4 Å². The number of imidazole rings is 1. The van der Waals surface area contributed by atoms with Crippen LogP contribution in [0.1, 0.15) is 35.8 Å². The number of rotatable bonds is 7. The zero-order chi connectivity index (χ0) is 24.5. The van der Waals surface area contributed by atoms with E-state index in [1.165, 1.54) is 24.5 Å². The third-order valence-electron chi connectivity index (χ3n) is 4.71. The predicted octanol–water partition coefficient (Wildman–Crippen LogP) is 1.54. The van der Waals surface area contributed by atoms with Crippen LogP contribution in [-0.2, 0) is 16.1 Å². The van der Waals surface area contributed by atoms with Crippen LogP contribution in [0.2, 0.25) is 0 Å². The SMILES string of the molecule is C.C[C@@H](O)[C@H](NC(=O)c1ccc(C#Cc2ccc(NC(=O)Cn3ccnc3)cc2)cc1)C(=O)NO. The lowest BCUT2D eigenvalue weighted by molar-refractivity contribution is -0.133. The number of amides is 3. The van der Waals surface area contributed by atoms with E-state index in [-0.39, 0.29) is 25.4 Å². The maximum Gasteiger partial charge on any atom is 0.268 e. The predicted molar refractivity (Wildman–Crippen MR) is 129 cm³/mol. The molecule has 2 aromatic carbocycles. The van der Waals surface area contributed by atoms with Crippen LogP contribution in [0.25, 0.3) is 0 Å². The first kappa shape index (κ1) is 26.8. The van der Waals surface area contributed by atoms with E-state index < -0.39 is 24.0 Å².